The van der Waals surface area contributed by atoms with Crippen LogP contribution >= 0.6 is 0 Å². The van der Waals surface area contributed by atoms with Gasteiger partial charge in [0.25, 0.3) is 0 Å². The summed E-state index contributed by atoms with van der Waals surface area (Å²) in [4.78, 5) is 20.7. The molecule has 0 aliphatic rings. The summed E-state index contributed by atoms with van der Waals surface area (Å²) in [6.07, 6.45) is 15.1. The van der Waals surface area contributed by atoms with E-state index in [0.29, 0.717) is 17.8 Å². The van der Waals surface area contributed by atoms with Crippen molar-refractivity contribution < 1.29 is 19.4 Å². The van der Waals surface area contributed by atoms with Crippen LogP contribution < -0.4 is 0 Å². The van der Waals surface area contributed by atoms with E-state index in [1.54, 1.807) is 6.92 Å². The van der Waals surface area contributed by atoms with Crippen LogP contribution in [0.25, 0.3) is 0 Å². The van der Waals surface area contributed by atoms with Crippen molar-refractivity contribution in [2.45, 2.75) is 84.5 Å². The Hall–Kier alpha value is -1.84. The summed E-state index contributed by atoms with van der Waals surface area (Å²) in [6.45, 7) is 14.8. The molecule has 0 aromatic heterocycles. The van der Waals surface area contributed by atoms with Gasteiger partial charge in [-0.2, -0.15) is 0 Å². The monoisotopic (exact) mass is 366 g/mol. The molecule has 0 rings (SSSR count). The van der Waals surface area contributed by atoms with E-state index < -0.39 is 5.97 Å². The SMILES string of the molecule is C=C(C)C(=C)C(=O)OCCCCCCCCCCCCC.C=CC(=O)O. The van der Waals surface area contributed by atoms with Crippen molar-refractivity contribution >= 4 is 11.9 Å². The Morgan fingerprint density at radius 1 is 0.885 bits per heavy atom. The summed E-state index contributed by atoms with van der Waals surface area (Å²) in [5.74, 6) is -1.31. The summed E-state index contributed by atoms with van der Waals surface area (Å²) in [6, 6.07) is 0. The largest absolute Gasteiger partial charge is 0.478 e. The van der Waals surface area contributed by atoms with Crippen LogP contribution in [0.2, 0.25) is 0 Å². The molecule has 0 atom stereocenters. The zero-order valence-corrected chi connectivity index (χ0v) is 16.9. The van der Waals surface area contributed by atoms with Gasteiger partial charge in [0.05, 0.1) is 12.2 Å². The first-order valence-corrected chi connectivity index (χ1v) is 9.74. The Balaban J connectivity index is 0. The predicted octanol–water partition coefficient (Wildman–Crippen LogP) is 6.23. The van der Waals surface area contributed by atoms with E-state index in [1.807, 2.05) is 0 Å². The van der Waals surface area contributed by atoms with Crippen molar-refractivity contribution in [1.82, 2.24) is 0 Å². The number of carboxylic acids is 1. The Morgan fingerprint density at radius 3 is 1.62 bits per heavy atom. The van der Waals surface area contributed by atoms with Crippen LogP contribution in [-0.4, -0.2) is 23.7 Å². The molecule has 0 amide bonds. The first-order chi connectivity index (χ1) is 12.4. The van der Waals surface area contributed by atoms with Crippen LogP contribution in [0.5, 0.6) is 0 Å². The molecule has 0 aliphatic heterocycles. The van der Waals surface area contributed by atoms with E-state index >= 15 is 0 Å². The zero-order valence-electron chi connectivity index (χ0n) is 16.9. The summed E-state index contributed by atoms with van der Waals surface area (Å²) in [7, 11) is 0. The van der Waals surface area contributed by atoms with Crippen molar-refractivity contribution in [1.29, 1.82) is 0 Å². The van der Waals surface area contributed by atoms with Crippen molar-refractivity contribution in [3.63, 3.8) is 0 Å². The van der Waals surface area contributed by atoms with E-state index in [1.165, 1.54) is 57.8 Å². The quantitative estimate of drug-likeness (QED) is 0.161. The van der Waals surface area contributed by atoms with Gasteiger partial charge in [0, 0.05) is 6.08 Å². The third-order valence-electron chi connectivity index (χ3n) is 3.92. The normalized spacial score (nSPS) is 9.62. The minimum atomic E-state index is -0.981. The second kappa shape index (κ2) is 19.5. The van der Waals surface area contributed by atoms with E-state index in [-0.39, 0.29) is 5.97 Å². The summed E-state index contributed by atoms with van der Waals surface area (Å²) >= 11 is 0. The Labute approximate surface area is 160 Å². The maximum absolute atomic E-state index is 11.5. The maximum atomic E-state index is 11.5. The fourth-order valence-electron chi connectivity index (χ4n) is 2.19. The molecule has 150 valence electrons. The standard InChI is InChI=1S/C19H34O2.C3H4O2/c1-5-6-7-8-9-10-11-12-13-14-15-16-21-19(20)18(4)17(2)3;1-2-3(4)5/h2,4-16H2,1,3H3;2H,1H2,(H,4,5). The second-order valence-electron chi connectivity index (χ2n) is 6.47. The minimum absolute atomic E-state index is 0.324. The summed E-state index contributed by atoms with van der Waals surface area (Å²) < 4.78 is 5.15. The molecule has 0 saturated heterocycles. The molecular formula is C22H38O4. The van der Waals surface area contributed by atoms with Gasteiger partial charge in [0.15, 0.2) is 0 Å². The molecule has 0 spiro atoms. The molecule has 4 nitrogen and oxygen atoms in total. The molecule has 0 bridgehead atoms. The van der Waals surface area contributed by atoms with Crippen LogP contribution in [0.3, 0.4) is 0 Å². The molecule has 0 aromatic carbocycles. The van der Waals surface area contributed by atoms with E-state index in [2.05, 4.69) is 26.7 Å². The number of aliphatic carboxylic acids is 1. The van der Waals surface area contributed by atoms with Gasteiger partial charge < -0.3 is 9.84 Å². The first kappa shape index (κ1) is 26.4. The number of rotatable bonds is 15. The van der Waals surface area contributed by atoms with Gasteiger partial charge in [-0.1, -0.05) is 90.9 Å². The molecule has 0 aliphatic carbocycles. The molecule has 0 heterocycles. The van der Waals surface area contributed by atoms with Gasteiger partial charge >= 0.3 is 11.9 Å². The highest BCUT2D eigenvalue weighted by Crippen LogP contribution is 2.11. The van der Waals surface area contributed by atoms with Gasteiger partial charge in [-0.25, -0.2) is 9.59 Å². The number of carbonyl (C=O) groups excluding carboxylic acids is 1. The van der Waals surface area contributed by atoms with Crippen LogP contribution in [0.4, 0.5) is 0 Å². The third kappa shape index (κ3) is 20.2. The van der Waals surface area contributed by atoms with Gasteiger partial charge in [0.2, 0.25) is 0 Å². The van der Waals surface area contributed by atoms with Gasteiger partial charge in [0.1, 0.15) is 0 Å². The van der Waals surface area contributed by atoms with Gasteiger partial charge in [-0.05, 0) is 18.9 Å². The van der Waals surface area contributed by atoms with Crippen LogP contribution in [-0.2, 0) is 14.3 Å². The van der Waals surface area contributed by atoms with E-state index in [9.17, 15) is 9.59 Å². The Bertz CT molecular complexity index is 424. The molecular weight excluding hydrogens is 328 g/mol. The van der Waals surface area contributed by atoms with E-state index in [4.69, 9.17) is 9.84 Å². The molecule has 26 heavy (non-hydrogen) atoms. The van der Waals surface area contributed by atoms with Gasteiger partial charge in [-0.3, -0.25) is 0 Å². The summed E-state index contributed by atoms with van der Waals surface area (Å²) in [5.41, 5.74) is 1.07. The Morgan fingerprint density at radius 2 is 1.27 bits per heavy atom. The van der Waals surface area contributed by atoms with Crippen molar-refractivity contribution in [2.24, 2.45) is 0 Å². The van der Waals surface area contributed by atoms with Gasteiger partial charge in [-0.15, -0.1) is 0 Å². The highest BCUT2D eigenvalue weighted by atomic mass is 16.5. The maximum Gasteiger partial charge on any atom is 0.337 e. The van der Waals surface area contributed by atoms with Crippen molar-refractivity contribution in [2.75, 3.05) is 6.61 Å². The van der Waals surface area contributed by atoms with Crippen molar-refractivity contribution in [3.05, 3.63) is 37.0 Å². The number of ether oxygens (including phenoxy) is 1. The first-order valence-electron chi connectivity index (χ1n) is 9.74. The minimum Gasteiger partial charge on any atom is -0.478 e. The lowest BCUT2D eigenvalue weighted by Gasteiger charge is -2.06. The number of carbonyl (C=O) groups is 2. The number of unbranched alkanes of at least 4 members (excludes halogenated alkanes) is 10. The molecule has 0 saturated carbocycles. The molecule has 1 N–H and O–H groups in total. The molecule has 4 heteroatoms. The average molecular weight is 367 g/mol. The molecule has 0 aromatic rings. The Kier molecular flexibility index (Phi) is 19.8. The fourth-order valence-corrected chi connectivity index (χ4v) is 2.19. The zero-order chi connectivity index (χ0) is 20.2. The van der Waals surface area contributed by atoms with Crippen LogP contribution in [0.1, 0.15) is 84.5 Å². The number of carboxylic acid groups (broad SMARTS) is 1. The fraction of sp³-hybridized carbons (Fsp3) is 0.636. The average Bonchev–Trinajstić information content (AvgIpc) is 2.62. The van der Waals surface area contributed by atoms with Crippen LogP contribution in [0.15, 0.2) is 37.0 Å². The summed E-state index contributed by atoms with van der Waals surface area (Å²) in [5, 5.41) is 7.60. The third-order valence-corrected chi connectivity index (χ3v) is 3.92. The smallest absolute Gasteiger partial charge is 0.337 e. The topological polar surface area (TPSA) is 63.6 Å². The highest BCUT2D eigenvalue weighted by Gasteiger charge is 2.08. The lowest BCUT2D eigenvalue weighted by molar-refractivity contribution is -0.138. The van der Waals surface area contributed by atoms with E-state index in [0.717, 1.165) is 18.9 Å². The molecule has 0 unspecified atom stereocenters. The van der Waals surface area contributed by atoms with Crippen molar-refractivity contribution in [3.8, 4) is 0 Å². The lowest BCUT2D eigenvalue weighted by atomic mass is 10.1. The second-order valence-corrected chi connectivity index (χ2v) is 6.47. The highest BCUT2D eigenvalue weighted by molar-refractivity contribution is 5.92. The number of hydrogen-bond donors (Lipinski definition) is 1. The predicted molar refractivity (Wildman–Crippen MR) is 109 cm³/mol. The lowest BCUT2D eigenvalue weighted by Crippen LogP contribution is -2.08. The van der Waals surface area contributed by atoms with Crippen LogP contribution in [0, 0.1) is 0 Å². The molecule has 0 radical (unpaired) electrons. The number of esters is 1. The number of hydrogen-bond acceptors (Lipinski definition) is 3. The molecule has 0 fully saturated rings.